The van der Waals surface area contributed by atoms with Crippen molar-refractivity contribution in [1.29, 1.82) is 0 Å². The zero-order valence-corrected chi connectivity index (χ0v) is 24.4. The summed E-state index contributed by atoms with van der Waals surface area (Å²) in [5, 5.41) is 0.897. The predicted octanol–water partition coefficient (Wildman–Crippen LogP) is 6.30. The minimum Gasteiger partial charge on any atom is -0.493 e. The van der Waals surface area contributed by atoms with Crippen molar-refractivity contribution in [3.63, 3.8) is 0 Å². The van der Waals surface area contributed by atoms with Crippen molar-refractivity contribution in [2.24, 2.45) is 5.73 Å². The number of aromatic nitrogens is 4. The van der Waals surface area contributed by atoms with Crippen molar-refractivity contribution >= 4 is 29.1 Å². The Morgan fingerprint density at radius 3 is 2.40 bits per heavy atom. The molecule has 0 fully saturated rings. The summed E-state index contributed by atoms with van der Waals surface area (Å²) in [6.45, 7) is 1.87. The maximum absolute atomic E-state index is 14.1. The van der Waals surface area contributed by atoms with Crippen molar-refractivity contribution in [2.45, 2.75) is 18.9 Å². The Bertz CT molecular complexity index is 1780. The van der Waals surface area contributed by atoms with Crippen molar-refractivity contribution < 1.29 is 18.7 Å². The van der Waals surface area contributed by atoms with Crippen LogP contribution in [-0.4, -0.2) is 39.6 Å². The Morgan fingerprint density at radius 2 is 1.74 bits per heavy atom. The molecular formula is C31H26Cl2FN5O3. The molecule has 5 rings (SSSR count). The molecule has 1 unspecified atom stereocenters. The van der Waals surface area contributed by atoms with E-state index in [0.29, 0.717) is 56.4 Å². The van der Waals surface area contributed by atoms with Gasteiger partial charge in [-0.1, -0.05) is 41.4 Å². The molecule has 0 saturated heterocycles. The van der Waals surface area contributed by atoms with Crippen LogP contribution in [0.25, 0.3) is 11.5 Å². The van der Waals surface area contributed by atoms with Gasteiger partial charge in [0.05, 0.1) is 29.8 Å². The van der Waals surface area contributed by atoms with Gasteiger partial charge in [-0.2, -0.15) is 0 Å². The van der Waals surface area contributed by atoms with E-state index in [-0.39, 0.29) is 5.56 Å². The number of carbonyl (C=O) groups excluding carboxylic acids is 1. The maximum atomic E-state index is 14.1. The summed E-state index contributed by atoms with van der Waals surface area (Å²) in [6.07, 6.45) is 5.41. The molecule has 0 saturated carbocycles. The fourth-order valence-corrected chi connectivity index (χ4v) is 5.41. The first-order valence-electron chi connectivity index (χ1n) is 12.8. The summed E-state index contributed by atoms with van der Waals surface area (Å²) in [5.74, 6) is 0.580. The van der Waals surface area contributed by atoms with Crippen LogP contribution in [0.4, 0.5) is 4.39 Å². The van der Waals surface area contributed by atoms with E-state index in [9.17, 15) is 9.18 Å². The molecule has 1 atom stereocenters. The minimum absolute atomic E-state index is 0.196. The monoisotopic (exact) mass is 605 g/mol. The SMILES string of the molecule is COc1ccc(C(N)=O)c(C(C)(c2ccc(F)cc2)n2ccnc2-c2ccnc(Cc3ccc(Cl)c(Cl)c3)n2)c1OC. The zero-order chi connectivity index (χ0) is 30.0. The Labute approximate surface area is 251 Å². The van der Waals surface area contributed by atoms with Crippen LogP contribution in [0.3, 0.4) is 0 Å². The summed E-state index contributed by atoms with van der Waals surface area (Å²) >= 11 is 12.3. The van der Waals surface area contributed by atoms with E-state index >= 15 is 0 Å². The third-order valence-corrected chi connectivity index (χ3v) is 7.85. The first-order valence-corrected chi connectivity index (χ1v) is 13.5. The molecule has 42 heavy (non-hydrogen) atoms. The van der Waals surface area contributed by atoms with Crippen LogP contribution in [0.5, 0.6) is 11.5 Å². The first kappa shape index (κ1) is 29.0. The van der Waals surface area contributed by atoms with Gasteiger partial charge < -0.3 is 19.8 Å². The number of methoxy groups -OCH3 is 2. The van der Waals surface area contributed by atoms with E-state index in [0.717, 1.165) is 5.56 Å². The quantitative estimate of drug-likeness (QED) is 0.211. The fraction of sp³-hybridized carbons (Fsp3) is 0.161. The standard InChI is InChI=1S/C31H26Cl2FN5O3/c1-31(19-5-7-20(34)8-6-19,27-21(29(35)40)9-11-25(41-2)28(27)42-3)39-15-14-37-30(39)24-12-13-36-26(38-24)17-18-4-10-22(32)23(33)16-18/h4-16H,17H2,1-3H3,(H2,35,40). The van der Waals surface area contributed by atoms with Crippen LogP contribution in [0.15, 0.2) is 79.3 Å². The molecule has 0 aliphatic rings. The first-order chi connectivity index (χ1) is 20.2. The van der Waals surface area contributed by atoms with Gasteiger partial charge in [0.15, 0.2) is 17.3 Å². The molecule has 0 radical (unpaired) electrons. The number of carbonyl (C=O) groups is 1. The highest BCUT2D eigenvalue weighted by molar-refractivity contribution is 6.42. The van der Waals surface area contributed by atoms with E-state index in [1.807, 2.05) is 17.6 Å². The average molecular weight is 606 g/mol. The largest absolute Gasteiger partial charge is 0.493 e. The molecule has 2 heterocycles. The van der Waals surface area contributed by atoms with Gasteiger partial charge >= 0.3 is 0 Å². The second-order valence-corrected chi connectivity index (χ2v) is 10.4. The van der Waals surface area contributed by atoms with Gasteiger partial charge in [-0.3, -0.25) is 4.79 Å². The lowest BCUT2D eigenvalue weighted by Gasteiger charge is -2.36. The molecule has 0 aliphatic heterocycles. The lowest BCUT2D eigenvalue weighted by atomic mass is 9.80. The van der Waals surface area contributed by atoms with Gasteiger partial charge in [0.1, 0.15) is 17.3 Å². The summed E-state index contributed by atoms with van der Waals surface area (Å²) < 4.78 is 27.4. The van der Waals surface area contributed by atoms with Crippen LogP contribution in [-0.2, 0) is 12.0 Å². The van der Waals surface area contributed by atoms with Gasteiger partial charge in [0.25, 0.3) is 0 Å². The Hall–Kier alpha value is -4.47. The van der Waals surface area contributed by atoms with Crippen LogP contribution in [0, 0.1) is 5.82 Å². The van der Waals surface area contributed by atoms with E-state index in [2.05, 4.69) is 9.97 Å². The number of imidazole rings is 1. The van der Waals surface area contributed by atoms with Crippen LogP contribution in [0.2, 0.25) is 10.0 Å². The van der Waals surface area contributed by atoms with E-state index in [1.54, 1.807) is 61.1 Å². The second kappa shape index (κ2) is 11.8. The number of nitrogens with zero attached hydrogens (tertiary/aromatic N) is 4. The normalized spacial score (nSPS) is 12.5. The van der Waals surface area contributed by atoms with Gasteiger partial charge in [-0.25, -0.2) is 19.3 Å². The number of benzene rings is 3. The number of nitrogens with two attached hydrogens (primary N) is 1. The second-order valence-electron chi connectivity index (χ2n) is 9.57. The summed E-state index contributed by atoms with van der Waals surface area (Å²) in [6, 6.07) is 16.3. The van der Waals surface area contributed by atoms with Gasteiger partial charge in [0.2, 0.25) is 5.91 Å². The third-order valence-electron chi connectivity index (χ3n) is 7.11. The number of hydrogen-bond donors (Lipinski definition) is 1. The topological polar surface area (TPSA) is 105 Å². The number of halogens is 3. The van der Waals surface area contributed by atoms with Crippen molar-refractivity contribution in [2.75, 3.05) is 14.2 Å². The molecule has 0 bridgehead atoms. The molecule has 1 amide bonds. The predicted molar refractivity (Wildman–Crippen MR) is 159 cm³/mol. The number of primary amides is 1. The zero-order valence-electron chi connectivity index (χ0n) is 22.9. The lowest BCUT2D eigenvalue weighted by Crippen LogP contribution is -2.36. The minimum atomic E-state index is -1.21. The Morgan fingerprint density at radius 1 is 0.976 bits per heavy atom. The molecule has 3 aromatic carbocycles. The van der Waals surface area contributed by atoms with E-state index in [4.69, 9.17) is 43.4 Å². The summed E-state index contributed by atoms with van der Waals surface area (Å²) in [7, 11) is 2.98. The molecule has 0 aliphatic carbocycles. The van der Waals surface area contributed by atoms with E-state index in [1.165, 1.54) is 26.4 Å². The smallest absolute Gasteiger partial charge is 0.249 e. The third kappa shape index (κ3) is 5.29. The fourth-order valence-electron chi connectivity index (χ4n) is 5.09. The molecule has 2 aromatic heterocycles. The van der Waals surface area contributed by atoms with Crippen LogP contribution in [0.1, 0.15) is 39.8 Å². The molecule has 5 aromatic rings. The van der Waals surface area contributed by atoms with Gasteiger partial charge in [0, 0.05) is 36.1 Å². The number of amides is 1. The molecule has 2 N–H and O–H groups in total. The number of rotatable bonds is 9. The Kier molecular flexibility index (Phi) is 8.15. The van der Waals surface area contributed by atoms with Gasteiger partial charge in [-0.05, 0) is 60.5 Å². The molecule has 8 nitrogen and oxygen atoms in total. The molecule has 11 heteroatoms. The highest BCUT2D eigenvalue weighted by Gasteiger charge is 2.40. The van der Waals surface area contributed by atoms with Crippen LogP contribution >= 0.6 is 23.2 Å². The highest BCUT2D eigenvalue weighted by atomic mass is 35.5. The lowest BCUT2D eigenvalue weighted by molar-refractivity contribution is 0.0997. The summed E-state index contributed by atoms with van der Waals surface area (Å²) in [4.78, 5) is 26.7. The summed E-state index contributed by atoms with van der Waals surface area (Å²) in [5.41, 5.74) is 7.31. The van der Waals surface area contributed by atoms with Gasteiger partial charge in [-0.15, -0.1) is 0 Å². The number of ether oxygens (including phenoxy) is 2. The maximum Gasteiger partial charge on any atom is 0.249 e. The average Bonchev–Trinajstić information content (AvgIpc) is 3.49. The van der Waals surface area contributed by atoms with Crippen LogP contribution < -0.4 is 15.2 Å². The van der Waals surface area contributed by atoms with Crippen molar-refractivity contribution in [3.8, 4) is 23.0 Å². The number of hydrogen-bond acceptors (Lipinski definition) is 6. The van der Waals surface area contributed by atoms with Crippen molar-refractivity contribution in [1.82, 2.24) is 19.5 Å². The molecule has 214 valence electrons. The Balaban J connectivity index is 1.73. The van der Waals surface area contributed by atoms with E-state index < -0.39 is 17.3 Å². The molecular weight excluding hydrogens is 580 g/mol. The van der Waals surface area contributed by atoms with Crippen molar-refractivity contribution in [3.05, 3.63) is 123 Å². The highest BCUT2D eigenvalue weighted by Crippen LogP contribution is 2.46. The molecule has 0 spiro atoms.